The van der Waals surface area contributed by atoms with Crippen LogP contribution in [0.1, 0.15) is 45.6 Å². The van der Waals surface area contributed by atoms with Crippen molar-refractivity contribution in [2.75, 3.05) is 12.0 Å². The monoisotopic (exact) mass is 424 g/mol. The molecule has 6 heteroatoms. The summed E-state index contributed by atoms with van der Waals surface area (Å²) in [6.07, 6.45) is 2.23. The molecule has 32 heavy (non-hydrogen) atoms. The molecule has 4 aromatic rings. The van der Waals surface area contributed by atoms with E-state index < -0.39 is 0 Å². The minimum absolute atomic E-state index is 0.0155. The summed E-state index contributed by atoms with van der Waals surface area (Å²) in [5.74, 6) is 1.15. The first-order valence-electron chi connectivity index (χ1n) is 10.6. The fourth-order valence-electron chi connectivity index (χ4n) is 4.32. The third kappa shape index (κ3) is 3.54. The van der Waals surface area contributed by atoms with Crippen LogP contribution in [-0.2, 0) is 0 Å². The molecule has 2 heterocycles. The van der Waals surface area contributed by atoms with Gasteiger partial charge in [-0.05, 0) is 48.7 Å². The maximum absolute atomic E-state index is 13.7. The average Bonchev–Trinajstić information content (AvgIpc) is 3.34. The van der Waals surface area contributed by atoms with Gasteiger partial charge in [-0.15, -0.1) is 0 Å². The van der Waals surface area contributed by atoms with Crippen LogP contribution < -0.4 is 9.64 Å². The molecule has 1 aliphatic heterocycles. The Labute approximate surface area is 187 Å². The van der Waals surface area contributed by atoms with Crippen molar-refractivity contribution in [1.29, 1.82) is 0 Å². The first-order chi connectivity index (χ1) is 15.7. The number of carbonyl (C=O) groups is 1. The molecule has 0 N–H and O–H groups in total. The number of fused-ring (bicyclic) bond motifs is 1. The number of methoxy groups -OCH3 is 1. The lowest BCUT2D eigenvalue weighted by molar-refractivity contribution is 0.0963. The molecule has 1 aliphatic rings. The molecule has 1 amide bonds. The standard InChI is InChI=1S/C26H24N4O2/c1-18-8-10-20(11-9-18)24-16-23(19-6-4-3-5-7-19)29(26-27-17-28-30(24)26)25(31)21-12-14-22(32-2)15-13-21/h3-15,17,23-24H,16H2,1-2H3/t23-,24-/m1/s1. The second-order valence-corrected chi connectivity index (χ2v) is 8.00. The van der Waals surface area contributed by atoms with E-state index in [9.17, 15) is 4.79 Å². The summed E-state index contributed by atoms with van der Waals surface area (Å²) in [6.45, 7) is 2.08. The quantitative estimate of drug-likeness (QED) is 0.464. The molecule has 0 aliphatic carbocycles. The molecule has 160 valence electrons. The van der Waals surface area contributed by atoms with E-state index >= 15 is 0 Å². The van der Waals surface area contributed by atoms with E-state index in [1.54, 1.807) is 36.3 Å². The van der Waals surface area contributed by atoms with Gasteiger partial charge in [-0.2, -0.15) is 10.1 Å². The largest absolute Gasteiger partial charge is 0.497 e. The highest BCUT2D eigenvalue weighted by atomic mass is 16.5. The third-order valence-electron chi connectivity index (χ3n) is 6.03. The van der Waals surface area contributed by atoms with Gasteiger partial charge in [-0.25, -0.2) is 4.68 Å². The van der Waals surface area contributed by atoms with Gasteiger partial charge in [-0.1, -0.05) is 60.2 Å². The minimum Gasteiger partial charge on any atom is -0.497 e. The number of carbonyl (C=O) groups excluding carboxylic acids is 1. The van der Waals surface area contributed by atoms with Gasteiger partial charge in [0.2, 0.25) is 5.95 Å². The van der Waals surface area contributed by atoms with Crippen LogP contribution in [-0.4, -0.2) is 27.8 Å². The number of amides is 1. The van der Waals surface area contributed by atoms with Crippen LogP contribution in [0.4, 0.5) is 5.95 Å². The number of hydrogen-bond donors (Lipinski definition) is 0. The van der Waals surface area contributed by atoms with Gasteiger partial charge in [0, 0.05) is 5.56 Å². The second-order valence-electron chi connectivity index (χ2n) is 8.00. The lowest BCUT2D eigenvalue weighted by Crippen LogP contribution is -2.42. The summed E-state index contributed by atoms with van der Waals surface area (Å²) in [4.78, 5) is 20.0. The van der Waals surface area contributed by atoms with Crippen LogP contribution in [0.5, 0.6) is 5.75 Å². The molecule has 0 saturated carbocycles. The van der Waals surface area contributed by atoms with Crippen molar-refractivity contribution in [3.8, 4) is 5.75 Å². The minimum atomic E-state index is -0.172. The van der Waals surface area contributed by atoms with Crippen molar-refractivity contribution in [2.45, 2.75) is 25.4 Å². The lowest BCUT2D eigenvalue weighted by Gasteiger charge is -2.39. The van der Waals surface area contributed by atoms with Crippen LogP contribution >= 0.6 is 0 Å². The smallest absolute Gasteiger partial charge is 0.261 e. The number of aryl methyl sites for hydroxylation is 1. The highest BCUT2D eigenvalue weighted by molar-refractivity contribution is 6.06. The Kier molecular flexibility index (Phi) is 5.19. The summed E-state index contributed by atoms with van der Waals surface area (Å²) in [5.41, 5.74) is 4.01. The van der Waals surface area contributed by atoms with E-state index in [1.165, 1.54) is 11.9 Å². The Bertz CT molecular complexity index is 1220. The van der Waals surface area contributed by atoms with Gasteiger partial charge in [0.25, 0.3) is 5.91 Å². The Hall–Kier alpha value is -3.93. The van der Waals surface area contributed by atoms with E-state index in [0.717, 1.165) is 11.1 Å². The third-order valence-corrected chi connectivity index (χ3v) is 6.03. The first-order valence-corrected chi connectivity index (χ1v) is 10.6. The Morgan fingerprint density at radius 3 is 2.28 bits per heavy atom. The number of ether oxygens (including phenoxy) is 1. The maximum atomic E-state index is 13.7. The number of rotatable bonds is 4. The number of aromatic nitrogens is 3. The number of hydrogen-bond acceptors (Lipinski definition) is 4. The molecule has 0 bridgehead atoms. The van der Waals surface area contributed by atoms with Gasteiger partial charge < -0.3 is 4.74 Å². The molecular formula is C26H24N4O2. The van der Waals surface area contributed by atoms with Gasteiger partial charge in [0.05, 0.1) is 19.2 Å². The van der Waals surface area contributed by atoms with E-state index in [-0.39, 0.29) is 18.0 Å². The highest BCUT2D eigenvalue weighted by Gasteiger charge is 2.39. The van der Waals surface area contributed by atoms with Gasteiger partial charge in [0.1, 0.15) is 12.1 Å². The molecular weight excluding hydrogens is 400 g/mol. The summed E-state index contributed by atoms with van der Waals surface area (Å²) < 4.78 is 7.12. The Morgan fingerprint density at radius 1 is 0.906 bits per heavy atom. The molecule has 0 radical (unpaired) electrons. The van der Waals surface area contributed by atoms with E-state index in [0.29, 0.717) is 23.7 Å². The first kappa shape index (κ1) is 20.0. The summed E-state index contributed by atoms with van der Waals surface area (Å²) in [7, 11) is 1.61. The van der Waals surface area contributed by atoms with Gasteiger partial charge >= 0.3 is 0 Å². The maximum Gasteiger partial charge on any atom is 0.261 e. The van der Waals surface area contributed by atoms with Crippen molar-refractivity contribution in [3.05, 3.63) is 107 Å². The molecule has 1 aromatic heterocycles. The van der Waals surface area contributed by atoms with Crippen LogP contribution in [0.15, 0.2) is 85.2 Å². The molecule has 0 fully saturated rings. The molecule has 6 nitrogen and oxygen atoms in total. The van der Waals surface area contributed by atoms with Crippen LogP contribution in [0.2, 0.25) is 0 Å². The zero-order valence-corrected chi connectivity index (χ0v) is 18.1. The summed E-state index contributed by atoms with van der Waals surface area (Å²) in [5, 5.41) is 4.51. The highest BCUT2D eigenvalue weighted by Crippen LogP contribution is 2.42. The Balaban J connectivity index is 1.61. The predicted molar refractivity (Wildman–Crippen MR) is 123 cm³/mol. The van der Waals surface area contributed by atoms with Crippen molar-refractivity contribution in [3.63, 3.8) is 0 Å². The number of anilines is 1. The fourth-order valence-corrected chi connectivity index (χ4v) is 4.32. The zero-order chi connectivity index (χ0) is 22.1. The van der Waals surface area contributed by atoms with E-state index in [1.807, 2.05) is 22.9 Å². The van der Waals surface area contributed by atoms with E-state index in [4.69, 9.17) is 4.74 Å². The molecule has 5 rings (SSSR count). The summed E-state index contributed by atoms with van der Waals surface area (Å²) in [6, 6.07) is 25.6. The number of nitrogens with zero attached hydrogens (tertiary/aromatic N) is 4. The van der Waals surface area contributed by atoms with Crippen molar-refractivity contribution in [2.24, 2.45) is 0 Å². The lowest BCUT2D eigenvalue weighted by atomic mass is 9.91. The number of benzene rings is 3. The fraction of sp³-hybridized carbons (Fsp3) is 0.192. The molecule has 3 aromatic carbocycles. The normalized spacial score (nSPS) is 17.6. The van der Waals surface area contributed by atoms with E-state index in [2.05, 4.69) is 53.4 Å². The Morgan fingerprint density at radius 2 is 1.59 bits per heavy atom. The molecule has 0 saturated heterocycles. The van der Waals surface area contributed by atoms with Gasteiger partial charge in [0.15, 0.2) is 0 Å². The summed E-state index contributed by atoms with van der Waals surface area (Å²) >= 11 is 0. The van der Waals surface area contributed by atoms with Crippen molar-refractivity contribution >= 4 is 11.9 Å². The van der Waals surface area contributed by atoms with Crippen LogP contribution in [0.25, 0.3) is 0 Å². The van der Waals surface area contributed by atoms with Crippen molar-refractivity contribution in [1.82, 2.24) is 14.8 Å². The predicted octanol–water partition coefficient (Wildman–Crippen LogP) is 4.98. The average molecular weight is 425 g/mol. The SMILES string of the molecule is COc1ccc(C(=O)N2c3ncnn3[C@@H](c3ccc(C)cc3)C[C@@H]2c2ccccc2)cc1. The topological polar surface area (TPSA) is 60.2 Å². The zero-order valence-electron chi connectivity index (χ0n) is 18.1. The second kappa shape index (κ2) is 8.30. The molecule has 0 unspecified atom stereocenters. The van der Waals surface area contributed by atoms with Crippen molar-refractivity contribution < 1.29 is 9.53 Å². The van der Waals surface area contributed by atoms with Crippen LogP contribution in [0, 0.1) is 6.92 Å². The molecule has 2 atom stereocenters. The van der Waals surface area contributed by atoms with Gasteiger partial charge in [-0.3, -0.25) is 9.69 Å². The molecule has 0 spiro atoms. The van der Waals surface area contributed by atoms with Crippen LogP contribution in [0.3, 0.4) is 0 Å².